The molecule has 0 spiro atoms. The van der Waals surface area contributed by atoms with Crippen molar-refractivity contribution in [3.8, 4) is 0 Å². The molecule has 3 aliphatic rings. The summed E-state index contributed by atoms with van der Waals surface area (Å²) < 4.78 is 11.1. The Hall–Kier alpha value is -2.24. The van der Waals surface area contributed by atoms with Crippen molar-refractivity contribution in [2.75, 3.05) is 20.1 Å². The van der Waals surface area contributed by atoms with Crippen LogP contribution in [0.5, 0.6) is 0 Å². The van der Waals surface area contributed by atoms with Gasteiger partial charge in [0.25, 0.3) is 0 Å². The number of nitrogens with zero attached hydrogens (tertiary/aromatic N) is 2. The molecule has 2 heterocycles. The van der Waals surface area contributed by atoms with Crippen LogP contribution in [0.1, 0.15) is 39.5 Å². The van der Waals surface area contributed by atoms with Gasteiger partial charge in [-0.15, -0.1) is 0 Å². The van der Waals surface area contributed by atoms with Gasteiger partial charge in [0.15, 0.2) is 11.5 Å². The van der Waals surface area contributed by atoms with E-state index in [-0.39, 0.29) is 11.4 Å². The number of amides is 3. The van der Waals surface area contributed by atoms with Crippen LogP contribution in [0, 0.1) is 5.41 Å². The monoisotopic (exact) mass is 332 g/mol. The molecule has 3 rings (SSSR count). The third kappa shape index (κ3) is 3.05. The summed E-state index contributed by atoms with van der Waals surface area (Å²) in [5, 5.41) is 0. The molecular formula is C18H24N2O4. The first-order chi connectivity index (χ1) is 11.4. The predicted octanol–water partition coefficient (Wildman–Crippen LogP) is 3.77. The highest BCUT2D eigenvalue weighted by Gasteiger charge is 2.41. The number of carbonyl (C=O) groups is 2. The van der Waals surface area contributed by atoms with E-state index in [1.807, 2.05) is 26.0 Å². The van der Waals surface area contributed by atoms with Gasteiger partial charge in [-0.25, -0.2) is 14.5 Å². The minimum Gasteiger partial charge on any atom is -0.461 e. The number of carbonyl (C=O) groups excluding carboxylic acids is 2. The first kappa shape index (κ1) is 16.6. The molecule has 0 bridgehead atoms. The molecule has 0 radical (unpaired) electrons. The lowest BCUT2D eigenvalue weighted by atomic mass is 9.90. The van der Waals surface area contributed by atoms with Crippen LogP contribution in [0.25, 0.3) is 0 Å². The molecule has 0 aromatic heterocycles. The van der Waals surface area contributed by atoms with E-state index in [0.717, 1.165) is 36.2 Å². The highest BCUT2D eigenvalue weighted by molar-refractivity contribution is 5.91. The summed E-state index contributed by atoms with van der Waals surface area (Å²) in [5.74, 6) is 1.08. The quantitative estimate of drug-likeness (QED) is 0.733. The minimum atomic E-state index is -0.666. The maximum absolute atomic E-state index is 12.5. The summed E-state index contributed by atoms with van der Waals surface area (Å²) >= 11 is 0. The molecule has 2 aliphatic heterocycles. The third-order valence-corrected chi connectivity index (χ3v) is 4.68. The van der Waals surface area contributed by atoms with E-state index in [4.69, 9.17) is 9.47 Å². The van der Waals surface area contributed by atoms with E-state index in [9.17, 15) is 9.59 Å². The van der Waals surface area contributed by atoms with E-state index in [0.29, 0.717) is 24.6 Å². The molecule has 1 aliphatic carbocycles. The summed E-state index contributed by atoms with van der Waals surface area (Å²) in [6.07, 6.45) is 8.50. The Morgan fingerprint density at radius 2 is 1.96 bits per heavy atom. The van der Waals surface area contributed by atoms with Gasteiger partial charge in [-0.2, -0.15) is 0 Å². The van der Waals surface area contributed by atoms with Gasteiger partial charge in [0.1, 0.15) is 0 Å². The number of piperidine rings is 1. The number of ether oxygens (including phenoxy) is 2. The van der Waals surface area contributed by atoms with E-state index in [1.54, 1.807) is 11.2 Å². The van der Waals surface area contributed by atoms with Crippen LogP contribution < -0.4 is 0 Å². The minimum absolute atomic E-state index is 0.304. The van der Waals surface area contributed by atoms with Crippen LogP contribution in [-0.2, 0) is 9.47 Å². The van der Waals surface area contributed by atoms with Crippen LogP contribution in [0.3, 0.4) is 0 Å². The molecule has 0 aromatic rings. The van der Waals surface area contributed by atoms with Crippen molar-refractivity contribution >= 4 is 12.1 Å². The third-order valence-electron chi connectivity index (χ3n) is 4.68. The Bertz CT molecular complexity index is 639. The Morgan fingerprint density at radius 3 is 2.67 bits per heavy atom. The van der Waals surface area contributed by atoms with Gasteiger partial charge in [0.2, 0.25) is 0 Å². The van der Waals surface area contributed by atoms with Crippen molar-refractivity contribution in [1.29, 1.82) is 0 Å². The summed E-state index contributed by atoms with van der Waals surface area (Å²) in [6.45, 7) is 5.38. The summed E-state index contributed by atoms with van der Waals surface area (Å²) in [4.78, 5) is 27.7. The highest BCUT2D eigenvalue weighted by Crippen LogP contribution is 2.47. The van der Waals surface area contributed by atoms with Crippen molar-refractivity contribution < 1.29 is 19.1 Å². The smallest absolute Gasteiger partial charge is 0.423 e. The Labute approximate surface area is 142 Å². The number of rotatable bonds is 1. The van der Waals surface area contributed by atoms with Gasteiger partial charge in [0, 0.05) is 25.6 Å². The van der Waals surface area contributed by atoms with Gasteiger partial charge in [-0.3, -0.25) is 0 Å². The SMILES string of the molecule is CN(C(=O)OC1=C2OC=CC=C2CC1(C)C)C(=O)N1CCCCC1. The van der Waals surface area contributed by atoms with Crippen molar-refractivity contribution in [3.05, 3.63) is 35.5 Å². The molecule has 1 saturated heterocycles. The second kappa shape index (κ2) is 6.34. The molecule has 1 fully saturated rings. The van der Waals surface area contributed by atoms with Crippen molar-refractivity contribution in [3.63, 3.8) is 0 Å². The largest absolute Gasteiger partial charge is 0.461 e. The standard InChI is InChI=1S/C18H24N2O4/c1-18(2)12-13-8-7-11-23-14(13)15(18)24-17(22)19(3)16(21)20-9-5-4-6-10-20/h7-8,11H,4-6,9-10,12H2,1-3H3. The van der Waals surface area contributed by atoms with E-state index in [1.165, 1.54) is 7.05 Å². The van der Waals surface area contributed by atoms with Crippen molar-refractivity contribution in [2.45, 2.75) is 39.5 Å². The van der Waals surface area contributed by atoms with Crippen LogP contribution in [-0.4, -0.2) is 42.1 Å². The fraction of sp³-hybridized carbons (Fsp3) is 0.556. The summed E-state index contributed by atoms with van der Waals surface area (Å²) in [7, 11) is 1.46. The average molecular weight is 332 g/mol. The van der Waals surface area contributed by atoms with Gasteiger partial charge < -0.3 is 14.4 Å². The number of fused-ring (bicyclic) bond motifs is 1. The number of urea groups is 1. The topological polar surface area (TPSA) is 59.1 Å². The molecule has 6 nitrogen and oxygen atoms in total. The second-order valence-corrected chi connectivity index (χ2v) is 7.11. The van der Waals surface area contributed by atoms with Crippen LogP contribution in [0.4, 0.5) is 9.59 Å². The Morgan fingerprint density at radius 1 is 1.25 bits per heavy atom. The number of likely N-dealkylation sites (tertiary alicyclic amines) is 1. The zero-order chi connectivity index (χ0) is 17.3. The van der Waals surface area contributed by atoms with Crippen LogP contribution in [0.2, 0.25) is 0 Å². The lowest BCUT2D eigenvalue weighted by Crippen LogP contribution is -2.46. The summed E-state index contributed by atoms with van der Waals surface area (Å²) in [5.41, 5.74) is 0.660. The van der Waals surface area contributed by atoms with Crippen molar-refractivity contribution in [2.24, 2.45) is 5.41 Å². The molecule has 6 heteroatoms. The fourth-order valence-corrected chi connectivity index (χ4v) is 3.33. The molecule has 130 valence electrons. The maximum Gasteiger partial charge on any atom is 0.423 e. The lowest BCUT2D eigenvalue weighted by molar-refractivity contribution is 0.106. The zero-order valence-corrected chi connectivity index (χ0v) is 14.5. The van der Waals surface area contributed by atoms with Crippen molar-refractivity contribution in [1.82, 2.24) is 9.80 Å². The molecule has 0 atom stereocenters. The van der Waals surface area contributed by atoms with Gasteiger partial charge in [0.05, 0.1) is 6.26 Å². The van der Waals surface area contributed by atoms with Gasteiger partial charge >= 0.3 is 12.1 Å². The molecule has 0 unspecified atom stereocenters. The molecular weight excluding hydrogens is 308 g/mol. The van der Waals surface area contributed by atoms with Gasteiger partial charge in [-0.1, -0.05) is 19.9 Å². The highest BCUT2D eigenvalue weighted by atomic mass is 16.6. The molecule has 0 aromatic carbocycles. The predicted molar refractivity (Wildman–Crippen MR) is 88.8 cm³/mol. The van der Waals surface area contributed by atoms with E-state index < -0.39 is 6.09 Å². The van der Waals surface area contributed by atoms with E-state index >= 15 is 0 Å². The second-order valence-electron chi connectivity index (χ2n) is 7.11. The van der Waals surface area contributed by atoms with E-state index in [2.05, 4.69) is 0 Å². The number of hydrogen-bond donors (Lipinski definition) is 0. The molecule has 0 saturated carbocycles. The average Bonchev–Trinajstić information content (AvgIpc) is 2.84. The number of imide groups is 1. The lowest BCUT2D eigenvalue weighted by Gasteiger charge is -2.30. The Kier molecular flexibility index (Phi) is 4.39. The first-order valence-electron chi connectivity index (χ1n) is 8.42. The number of hydrogen-bond acceptors (Lipinski definition) is 4. The normalized spacial score (nSPS) is 21.8. The van der Waals surface area contributed by atoms with Crippen LogP contribution in [0.15, 0.2) is 35.5 Å². The van der Waals surface area contributed by atoms with Gasteiger partial charge in [-0.05, 0) is 37.3 Å². The molecule has 0 N–H and O–H groups in total. The summed E-state index contributed by atoms with van der Waals surface area (Å²) in [6, 6.07) is -0.304. The first-order valence-corrected chi connectivity index (χ1v) is 8.42. The van der Waals surface area contributed by atoms with Crippen LogP contribution >= 0.6 is 0 Å². The fourth-order valence-electron chi connectivity index (χ4n) is 3.33. The maximum atomic E-state index is 12.5. The Balaban J connectivity index is 1.72. The number of allylic oxidation sites excluding steroid dienone is 4. The molecule has 3 amide bonds. The zero-order valence-electron chi connectivity index (χ0n) is 14.5. The molecule has 24 heavy (non-hydrogen) atoms.